The average molecular weight is 277 g/mol. The van der Waals surface area contributed by atoms with Crippen molar-refractivity contribution in [2.75, 3.05) is 7.05 Å². The first kappa shape index (κ1) is 12.9. The van der Waals surface area contributed by atoms with Crippen LogP contribution in [0.25, 0.3) is 11.1 Å². The first-order chi connectivity index (χ1) is 9.67. The summed E-state index contributed by atoms with van der Waals surface area (Å²) in [6, 6.07) is 1.34. The highest BCUT2D eigenvalue weighted by Gasteiger charge is 2.22. The maximum Gasteiger partial charge on any atom is 0.337 e. The lowest BCUT2D eigenvalue weighted by Crippen LogP contribution is -2.19. The van der Waals surface area contributed by atoms with Crippen LogP contribution in [-0.4, -0.2) is 17.0 Å². The maximum absolute atomic E-state index is 12.1. The molecule has 0 unspecified atom stereocenters. The Morgan fingerprint density at radius 1 is 1.50 bits per heavy atom. The van der Waals surface area contributed by atoms with Crippen LogP contribution in [0.2, 0.25) is 0 Å². The third-order valence-electron chi connectivity index (χ3n) is 3.39. The van der Waals surface area contributed by atoms with Gasteiger partial charge in [0.2, 0.25) is 5.71 Å². The third kappa shape index (κ3) is 2.57. The smallest absolute Gasteiger partial charge is 0.337 e. The SMILES string of the molecule is CNOc1nc2oc(=O)cc(CCC3CC3)c2c(=O)[nH]1. The summed E-state index contributed by atoms with van der Waals surface area (Å²) in [6.07, 6.45) is 4.12. The van der Waals surface area contributed by atoms with E-state index in [0.717, 1.165) is 12.3 Å². The standard InChI is InChI=1S/C13H15N3O4/c1-14-20-13-15-11(18)10-8(5-4-7-2-3-7)6-9(17)19-12(10)16-13/h6-7,14H,2-5H2,1H3,(H,15,16,18). The van der Waals surface area contributed by atoms with E-state index in [1.54, 1.807) is 0 Å². The molecule has 0 saturated heterocycles. The van der Waals surface area contributed by atoms with Crippen LogP contribution >= 0.6 is 0 Å². The molecule has 0 spiro atoms. The van der Waals surface area contributed by atoms with Gasteiger partial charge in [-0.15, -0.1) is 0 Å². The van der Waals surface area contributed by atoms with Crippen LogP contribution in [0, 0.1) is 5.92 Å². The Kier molecular flexibility index (Phi) is 3.27. The van der Waals surface area contributed by atoms with Crippen LogP contribution in [0.3, 0.4) is 0 Å². The lowest BCUT2D eigenvalue weighted by atomic mass is 10.1. The Labute approximate surface area is 113 Å². The minimum absolute atomic E-state index is 0.0114. The second-order valence-electron chi connectivity index (χ2n) is 4.93. The number of nitrogens with one attached hydrogen (secondary N) is 2. The van der Waals surface area contributed by atoms with Crippen LogP contribution in [-0.2, 0) is 6.42 Å². The van der Waals surface area contributed by atoms with Crippen molar-refractivity contribution in [1.82, 2.24) is 15.4 Å². The zero-order valence-electron chi connectivity index (χ0n) is 11.1. The van der Waals surface area contributed by atoms with Gasteiger partial charge in [0.25, 0.3) is 5.56 Å². The topological polar surface area (TPSA) is 97.2 Å². The summed E-state index contributed by atoms with van der Waals surface area (Å²) >= 11 is 0. The van der Waals surface area contributed by atoms with Crippen molar-refractivity contribution in [1.29, 1.82) is 0 Å². The van der Waals surface area contributed by atoms with Crippen LogP contribution in [0.5, 0.6) is 6.01 Å². The molecule has 0 aromatic carbocycles. The number of nitrogens with zero attached hydrogens (tertiary/aromatic N) is 1. The van der Waals surface area contributed by atoms with E-state index in [1.807, 2.05) is 0 Å². The third-order valence-corrected chi connectivity index (χ3v) is 3.39. The van der Waals surface area contributed by atoms with E-state index in [-0.39, 0.29) is 17.3 Å². The van der Waals surface area contributed by atoms with E-state index in [2.05, 4.69) is 15.4 Å². The number of H-pyrrole nitrogens is 1. The molecular formula is C13H15N3O4. The van der Waals surface area contributed by atoms with Crippen LogP contribution in [0.4, 0.5) is 0 Å². The van der Waals surface area contributed by atoms with Crippen molar-refractivity contribution in [3.05, 3.63) is 32.4 Å². The highest BCUT2D eigenvalue weighted by Crippen LogP contribution is 2.33. The highest BCUT2D eigenvalue weighted by molar-refractivity contribution is 5.75. The molecule has 2 heterocycles. The number of fused-ring (bicyclic) bond motifs is 1. The number of aromatic nitrogens is 2. The molecule has 106 valence electrons. The highest BCUT2D eigenvalue weighted by atomic mass is 16.7. The fourth-order valence-corrected chi connectivity index (χ4v) is 2.24. The molecule has 2 aromatic heterocycles. The van der Waals surface area contributed by atoms with Crippen molar-refractivity contribution in [2.45, 2.75) is 25.7 Å². The number of aromatic amines is 1. The normalized spacial score (nSPS) is 14.7. The Hall–Kier alpha value is -2.15. The van der Waals surface area contributed by atoms with Gasteiger partial charge in [0.05, 0.1) is 0 Å². The fraction of sp³-hybridized carbons (Fsp3) is 0.462. The molecule has 1 aliphatic carbocycles. The zero-order valence-corrected chi connectivity index (χ0v) is 11.1. The van der Waals surface area contributed by atoms with Gasteiger partial charge < -0.3 is 9.25 Å². The molecule has 0 bridgehead atoms. The summed E-state index contributed by atoms with van der Waals surface area (Å²) < 4.78 is 5.00. The van der Waals surface area contributed by atoms with Crippen molar-refractivity contribution in [3.8, 4) is 6.01 Å². The molecule has 7 nitrogen and oxygen atoms in total. The largest absolute Gasteiger partial charge is 0.403 e. The van der Waals surface area contributed by atoms with E-state index in [4.69, 9.17) is 9.25 Å². The number of hydrogen-bond acceptors (Lipinski definition) is 6. The van der Waals surface area contributed by atoms with Crippen LogP contribution in [0.15, 0.2) is 20.1 Å². The minimum atomic E-state index is -0.503. The van der Waals surface area contributed by atoms with E-state index in [1.165, 1.54) is 26.0 Å². The monoisotopic (exact) mass is 277 g/mol. The molecule has 1 saturated carbocycles. The lowest BCUT2D eigenvalue weighted by molar-refractivity contribution is 0.203. The Morgan fingerprint density at radius 3 is 3.00 bits per heavy atom. The molecular weight excluding hydrogens is 262 g/mol. The molecule has 2 aromatic rings. The summed E-state index contributed by atoms with van der Waals surface area (Å²) in [4.78, 5) is 35.1. The van der Waals surface area contributed by atoms with Gasteiger partial charge in [-0.1, -0.05) is 12.8 Å². The first-order valence-corrected chi connectivity index (χ1v) is 6.58. The summed E-state index contributed by atoms with van der Waals surface area (Å²) in [7, 11) is 1.53. The summed E-state index contributed by atoms with van der Waals surface area (Å²) in [5, 5.41) is 0.328. The Bertz CT molecular complexity index is 745. The van der Waals surface area contributed by atoms with E-state index in [0.29, 0.717) is 17.4 Å². The van der Waals surface area contributed by atoms with Crippen LogP contribution in [0.1, 0.15) is 24.8 Å². The van der Waals surface area contributed by atoms with Gasteiger partial charge in [-0.05, 0) is 24.3 Å². The number of rotatable bonds is 5. The molecule has 0 radical (unpaired) electrons. The molecule has 20 heavy (non-hydrogen) atoms. The van der Waals surface area contributed by atoms with Gasteiger partial charge in [-0.2, -0.15) is 10.5 Å². The van der Waals surface area contributed by atoms with Gasteiger partial charge in [-0.25, -0.2) is 4.79 Å². The first-order valence-electron chi connectivity index (χ1n) is 6.58. The summed E-state index contributed by atoms with van der Waals surface area (Å²) in [6.45, 7) is 0. The van der Waals surface area contributed by atoms with E-state index < -0.39 is 5.63 Å². The summed E-state index contributed by atoms with van der Waals surface area (Å²) in [5.74, 6) is 0.719. The van der Waals surface area contributed by atoms with Crippen molar-refractivity contribution < 1.29 is 9.25 Å². The maximum atomic E-state index is 12.1. The Balaban J connectivity index is 2.08. The minimum Gasteiger partial charge on any atom is -0.403 e. The predicted molar refractivity (Wildman–Crippen MR) is 71.6 cm³/mol. The van der Waals surface area contributed by atoms with E-state index in [9.17, 15) is 9.59 Å². The Morgan fingerprint density at radius 2 is 2.30 bits per heavy atom. The molecule has 1 fully saturated rings. The van der Waals surface area contributed by atoms with Crippen molar-refractivity contribution in [2.24, 2.45) is 5.92 Å². The van der Waals surface area contributed by atoms with Gasteiger partial charge in [0.1, 0.15) is 5.39 Å². The summed E-state index contributed by atoms with van der Waals surface area (Å²) in [5.41, 5.74) is 2.23. The van der Waals surface area contributed by atoms with Gasteiger partial charge in [0.15, 0.2) is 0 Å². The quantitative estimate of drug-likeness (QED) is 0.782. The van der Waals surface area contributed by atoms with E-state index >= 15 is 0 Å². The molecule has 7 heteroatoms. The fourth-order valence-electron chi connectivity index (χ4n) is 2.24. The molecule has 0 atom stereocenters. The molecule has 3 rings (SSSR count). The van der Waals surface area contributed by atoms with Gasteiger partial charge in [0, 0.05) is 13.1 Å². The second-order valence-corrected chi connectivity index (χ2v) is 4.93. The molecule has 2 N–H and O–H groups in total. The molecule has 0 amide bonds. The predicted octanol–water partition coefficient (Wildman–Crippen LogP) is 0.732. The molecule has 0 aliphatic heterocycles. The number of aryl methyl sites for hydroxylation is 1. The lowest BCUT2D eigenvalue weighted by Gasteiger charge is -2.05. The van der Waals surface area contributed by atoms with Gasteiger partial charge >= 0.3 is 11.6 Å². The second kappa shape index (κ2) is 5.09. The average Bonchev–Trinajstić information content (AvgIpc) is 3.19. The zero-order chi connectivity index (χ0) is 14.1. The van der Waals surface area contributed by atoms with Crippen molar-refractivity contribution in [3.63, 3.8) is 0 Å². The van der Waals surface area contributed by atoms with Crippen LogP contribution < -0.4 is 21.5 Å². The van der Waals surface area contributed by atoms with Gasteiger partial charge in [-0.3, -0.25) is 9.78 Å². The number of hydrogen-bond donors (Lipinski definition) is 2. The number of hydroxylamine groups is 1. The molecule has 1 aliphatic rings. The van der Waals surface area contributed by atoms with Crippen molar-refractivity contribution >= 4 is 11.1 Å².